The van der Waals surface area contributed by atoms with E-state index in [1.165, 1.54) is 18.4 Å². The fraction of sp³-hybridized carbons (Fsp3) is 0.650. The van der Waals surface area contributed by atoms with Gasteiger partial charge in [-0.25, -0.2) is 0 Å². The van der Waals surface area contributed by atoms with E-state index in [1.807, 2.05) is 13.8 Å². The second-order valence-corrected chi connectivity index (χ2v) is 7.38. The molecule has 1 aromatic rings. The molecular formula is C20H33N3O2. The molecule has 0 aromatic heterocycles. The van der Waals surface area contributed by atoms with Crippen LogP contribution in [0.2, 0.25) is 0 Å². The van der Waals surface area contributed by atoms with E-state index in [0.29, 0.717) is 19.2 Å². The van der Waals surface area contributed by atoms with E-state index >= 15 is 0 Å². The van der Waals surface area contributed by atoms with Crippen molar-refractivity contribution in [3.05, 3.63) is 29.3 Å². The molecule has 5 nitrogen and oxygen atoms in total. The topological polar surface area (TPSA) is 54.9 Å². The number of ether oxygens (including phenoxy) is 2. The lowest BCUT2D eigenvalue weighted by Gasteiger charge is -2.24. The monoisotopic (exact) mass is 347 g/mol. The van der Waals surface area contributed by atoms with Crippen molar-refractivity contribution in [2.45, 2.75) is 64.7 Å². The summed E-state index contributed by atoms with van der Waals surface area (Å²) in [5.74, 6) is 1.75. The van der Waals surface area contributed by atoms with Gasteiger partial charge in [-0.3, -0.25) is 4.99 Å². The highest BCUT2D eigenvalue weighted by Gasteiger charge is 2.19. The molecule has 25 heavy (non-hydrogen) atoms. The van der Waals surface area contributed by atoms with E-state index in [0.717, 1.165) is 30.1 Å². The minimum atomic E-state index is -0.238. The zero-order valence-corrected chi connectivity index (χ0v) is 16.3. The maximum atomic E-state index is 6.26. The highest BCUT2D eigenvalue weighted by molar-refractivity contribution is 5.79. The third kappa shape index (κ3) is 6.24. The van der Waals surface area contributed by atoms with E-state index in [4.69, 9.17) is 9.47 Å². The predicted octanol–water partition coefficient (Wildman–Crippen LogP) is 3.41. The molecule has 0 bridgehead atoms. The standard InChI is InChI=1S/C20H33N3O2/c1-15-10-11-16(18(12-15)25-17-8-6-7-9-17)13-22-19(21-4)23-14-20(2,3)24-5/h10-12,17H,6-9,13-14H2,1-5H3,(H2,21,22,23). The highest BCUT2D eigenvalue weighted by Crippen LogP contribution is 2.27. The Hall–Kier alpha value is -1.75. The van der Waals surface area contributed by atoms with Crippen LogP contribution in [0.1, 0.15) is 50.7 Å². The lowest BCUT2D eigenvalue weighted by atomic mass is 10.1. The molecule has 0 amide bonds. The SMILES string of the molecule is CN=C(NCc1ccc(C)cc1OC1CCCC1)NCC(C)(C)OC. The molecule has 0 atom stereocenters. The Balaban J connectivity index is 1.96. The number of benzene rings is 1. The average Bonchev–Trinajstić information content (AvgIpc) is 3.09. The van der Waals surface area contributed by atoms with Gasteiger partial charge in [0.15, 0.2) is 5.96 Å². The van der Waals surface area contributed by atoms with Crippen molar-refractivity contribution in [1.29, 1.82) is 0 Å². The van der Waals surface area contributed by atoms with E-state index < -0.39 is 0 Å². The van der Waals surface area contributed by atoms with Crippen molar-refractivity contribution in [2.75, 3.05) is 20.7 Å². The number of methoxy groups -OCH3 is 1. The second kappa shape index (κ2) is 9.09. The maximum Gasteiger partial charge on any atom is 0.191 e. The number of nitrogens with one attached hydrogen (secondary N) is 2. The first-order chi connectivity index (χ1) is 11.9. The van der Waals surface area contributed by atoms with Gasteiger partial charge in [0.1, 0.15) is 5.75 Å². The molecular weight excluding hydrogens is 314 g/mol. The molecule has 0 heterocycles. The largest absolute Gasteiger partial charge is 0.490 e. The molecule has 1 aliphatic carbocycles. The van der Waals surface area contributed by atoms with Crippen molar-refractivity contribution in [3.63, 3.8) is 0 Å². The molecule has 0 radical (unpaired) electrons. The van der Waals surface area contributed by atoms with Crippen LogP contribution in [0, 0.1) is 6.92 Å². The zero-order valence-electron chi connectivity index (χ0n) is 16.3. The van der Waals surface area contributed by atoms with Gasteiger partial charge in [0.2, 0.25) is 0 Å². The summed E-state index contributed by atoms with van der Waals surface area (Å²) in [7, 11) is 3.50. The molecule has 2 N–H and O–H groups in total. The number of nitrogens with zero attached hydrogens (tertiary/aromatic N) is 1. The molecule has 1 fully saturated rings. The summed E-state index contributed by atoms with van der Waals surface area (Å²) in [6.45, 7) is 7.55. The zero-order chi connectivity index (χ0) is 18.3. The summed E-state index contributed by atoms with van der Waals surface area (Å²) in [5, 5.41) is 6.68. The van der Waals surface area contributed by atoms with Gasteiger partial charge in [-0.2, -0.15) is 0 Å². The van der Waals surface area contributed by atoms with Crippen molar-refractivity contribution < 1.29 is 9.47 Å². The quantitative estimate of drug-likeness (QED) is 0.586. The molecule has 1 saturated carbocycles. The van der Waals surface area contributed by atoms with Crippen LogP contribution in [0.5, 0.6) is 5.75 Å². The first kappa shape index (κ1) is 19.6. The third-order valence-corrected chi connectivity index (χ3v) is 4.72. The normalized spacial score (nSPS) is 16.1. The molecule has 0 spiro atoms. The van der Waals surface area contributed by atoms with Crippen LogP contribution >= 0.6 is 0 Å². The van der Waals surface area contributed by atoms with Crippen LogP contribution in [0.3, 0.4) is 0 Å². The summed E-state index contributed by atoms with van der Waals surface area (Å²) in [4.78, 5) is 4.29. The molecule has 1 aliphatic rings. The van der Waals surface area contributed by atoms with Gasteiger partial charge in [-0.05, 0) is 58.1 Å². The van der Waals surface area contributed by atoms with Crippen LogP contribution in [-0.4, -0.2) is 38.4 Å². The van der Waals surface area contributed by atoms with E-state index in [-0.39, 0.29) is 5.60 Å². The van der Waals surface area contributed by atoms with Gasteiger partial charge in [-0.1, -0.05) is 12.1 Å². The Morgan fingerprint density at radius 2 is 1.96 bits per heavy atom. The first-order valence-corrected chi connectivity index (χ1v) is 9.19. The van der Waals surface area contributed by atoms with Crippen molar-refractivity contribution in [2.24, 2.45) is 4.99 Å². The maximum absolute atomic E-state index is 6.26. The minimum Gasteiger partial charge on any atom is -0.490 e. The number of aliphatic imine (C=N–C) groups is 1. The molecule has 5 heteroatoms. The third-order valence-electron chi connectivity index (χ3n) is 4.72. The van der Waals surface area contributed by atoms with Crippen LogP contribution in [0.4, 0.5) is 0 Å². The summed E-state index contributed by atoms with van der Waals surface area (Å²) >= 11 is 0. The Kier molecular flexibility index (Phi) is 7.12. The highest BCUT2D eigenvalue weighted by atomic mass is 16.5. The molecule has 0 aliphatic heterocycles. The number of guanidine groups is 1. The van der Waals surface area contributed by atoms with Crippen molar-refractivity contribution >= 4 is 5.96 Å². The second-order valence-electron chi connectivity index (χ2n) is 7.38. The molecule has 1 aromatic carbocycles. The smallest absolute Gasteiger partial charge is 0.191 e. The summed E-state index contributed by atoms with van der Waals surface area (Å²) in [6.07, 6.45) is 5.23. The van der Waals surface area contributed by atoms with Crippen LogP contribution in [-0.2, 0) is 11.3 Å². The average molecular weight is 348 g/mol. The summed E-state index contributed by atoms with van der Waals surface area (Å²) in [6, 6.07) is 6.40. The van der Waals surface area contributed by atoms with Crippen LogP contribution in [0.15, 0.2) is 23.2 Å². The van der Waals surface area contributed by atoms with Gasteiger partial charge in [0.25, 0.3) is 0 Å². The Morgan fingerprint density at radius 1 is 1.24 bits per heavy atom. The first-order valence-electron chi connectivity index (χ1n) is 9.19. The predicted molar refractivity (Wildman–Crippen MR) is 103 cm³/mol. The molecule has 0 unspecified atom stereocenters. The summed E-state index contributed by atoms with van der Waals surface area (Å²) < 4.78 is 11.7. The Morgan fingerprint density at radius 3 is 2.60 bits per heavy atom. The van der Waals surface area contributed by atoms with Crippen LogP contribution in [0.25, 0.3) is 0 Å². The van der Waals surface area contributed by atoms with Gasteiger partial charge in [0.05, 0.1) is 11.7 Å². The number of hydrogen-bond acceptors (Lipinski definition) is 3. The summed E-state index contributed by atoms with van der Waals surface area (Å²) in [5.41, 5.74) is 2.14. The van der Waals surface area contributed by atoms with E-state index in [1.54, 1.807) is 14.2 Å². The van der Waals surface area contributed by atoms with Crippen molar-refractivity contribution in [3.8, 4) is 5.75 Å². The minimum absolute atomic E-state index is 0.238. The number of hydrogen-bond donors (Lipinski definition) is 2. The Labute approximate surface area is 152 Å². The lowest BCUT2D eigenvalue weighted by Crippen LogP contribution is -2.45. The number of aryl methyl sites for hydroxylation is 1. The fourth-order valence-electron chi connectivity index (χ4n) is 2.87. The molecule has 0 saturated heterocycles. The molecule has 2 rings (SSSR count). The fourth-order valence-corrected chi connectivity index (χ4v) is 2.87. The van der Waals surface area contributed by atoms with Gasteiger partial charge < -0.3 is 20.1 Å². The van der Waals surface area contributed by atoms with Crippen LogP contribution < -0.4 is 15.4 Å². The van der Waals surface area contributed by atoms with Gasteiger partial charge >= 0.3 is 0 Å². The lowest BCUT2D eigenvalue weighted by molar-refractivity contribution is 0.0268. The van der Waals surface area contributed by atoms with E-state index in [2.05, 4.69) is 40.7 Å². The van der Waals surface area contributed by atoms with Gasteiger partial charge in [-0.15, -0.1) is 0 Å². The Bertz CT molecular complexity index is 578. The molecule has 140 valence electrons. The van der Waals surface area contributed by atoms with Crippen molar-refractivity contribution in [1.82, 2.24) is 10.6 Å². The number of rotatable bonds is 7. The van der Waals surface area contributed by atoms with E-state index in [9.17, 15) is 0 Å². The van der Waals surface area contributed by atoms with Gasteiger partial charge in [0, 0.05) is 32.8 Å².